The number of nitrogens with two attached hydrogens (primary N) is 1. The maximum atomic E-state index is 12.9. The second-order valence-corrected chi connectivity index (χ2v) is 18.7. The summed E-state index contributed by atoms with van der Waals surface area (Å²) in [5.41, 5.74) is 5.37. The molecular weight excluding hydrogens is 772 g/mol. The standard InChI is InChI=1S/C50H97N2O7P/c1-3-5-7-9-11-13-15-17-19-21-23-24-25-27-29-31-33-35-37-39-41-47(53)45-50(55)52-48(46-59-60(56,57)58-44-43-51)49(54)42-40-38-36-34-32-30-28-26-22-20-18-16-14-12-10-8-6-4-2/h22,26,32,34,40,42,47-49,53-54H,3-21,23-25,27-31,33,35-39,41,43-46,51H2,1-2H3,(H,52,55)(H,56,57)/b26-22+,34-32+,42-40+. The van der Waals surface area contributed by atoms with Crippen molar-refractivity contribution in [1.82, 2.24) is 5.32 Å². The molecule has 0 heterocycles. The normalized spacial score (nSPS) is 14.7. The number of aliphatic hydroxyl groups excluding tert-OH is 2. The van der Waals surface area contributed by atoms with Gasteiger partial charge in [-0.3, -0.25) is 13.8 Å². The molecule has 4 atom stereocenters. The van der Waals surface area contributed by atoms with Gasteiger partial charge in [-0.15, -0.1) is 0 Å². The smallest absolute Gasteiger partial charge is 0.393 e. The Balaban J connectivity index is 4.25. The van der Waals surface area contributed by atoms with E-state index in [-0.39, 0.29) is 19.6 Å². The topological polar surface area (TPSA) is 151 Å². The van der Waals surface area contributed by atoms with Crippen LogP contribution in [0.1, 0.15) is 239 Å². The van der Waals surface area contributed by atoms with E-state index in [1.165, 1.54) is 161 Å². The Morgan fingerprint density at radius 1 is 0.567 bits per heavy atom. The summed E-state index contributed by atoms with van der Waals surface area (Å²) in [5, 5.41) is 24.1. The third-order valence-electron chi connectivity index (χ3n) is 11.3. The van der Waals surface area contributed by atoms with E-state index in [1.807, 2.05) is 6.08 Å². The first kappa shape index (κ1) is 58.7. The lowest BCUT2D eigenvalue weighted by molar-refractivity contribution is -0.124. The molecule has 0 saturated heterocycles. The van der Waals surface area contributed by atoms with Crippen LogP contribution in [0.2, 0.25) is 0 Å². The molecule has 9 nitrogen and oxygen atoms in total. The van der Waals surface area contributed by atoms with Gasteiger partial charge in [0.1, 0.15) is 0 Å². The van der Waals surface area contributed by atoms with Crippen LogP contribution in [0.25, 0.3) is 0 Å². The molecule has 60 heavy (non-hydrogen) atoms. The minimum Gasteiger partial charge on any atom is -0.393 e. The molecule has 0 aliphatic rings. The zero-order valence-corrected chi connectivity index (χ0v) is 40.0. The van der Waals surface area contributed by atoms with E-state index < -0.39 is 38.6 Å². The number of hydrogen-bond donors (Lipinski definition) is 5. The second kappa shape index (κ2) is 45.7. The van der Waals surface area contributed by atoms with Gasteiger partial charge in [0, 0.05) is 6.54 Å². The molecule has 0 aromatic heterocycles. The van der Waals surface area contributed by atoms with Crippen molar-refractivity contribution >= 4 is 13.7 Å². The van der Waals surface area contributed by atoms with Gasteiger partial charge in [0.25, 0.3) is 0 Å². The fraction of sp³-hybridized carbons (Fsp3) is 0.860. The van der Waals surface area contributed by atoms with Gasteiger partial charge in [0.05, 0.1) is 37.9 Å². The second-order valence-electron chi connectivity index (χ2n) is 17.2. The summed E-state index contributed by atoms with van der Waals surface area (Å²) >= 11 is 0. The minimum absolute atomic E-state index is 0.0430. The van der Waals surface area contributed by atoms with Crippen molar-refractivity contribution in [2.24, 2.45) is 5.73 Å². The predicted octanol–water partition coefficient (Wildman–Crippen LogP) is 13.6. The van der Waals surface area contributed by atoms with Crippen LogP contribution in [-0.4, -0.2) is 59.0 Å². The Morgan fingerprint density at radius 2 is 0.950 bits per heavy atom. The van der Waals surface area contributed by atoms with Gasteiger partial charge in [-0.1, -0.05) is 224 Å². The quantitative estimate of drug-likeness (QED) is 0.0230. The summed E-state index contributed by atoms with van der Waals surface area (Å²) in [4.78, 5) is 22.8. The summed E-state index contributed by atoms with van der Waals surface area (Å²) in [7, 11) is -4.41. The first-order valence-corrected chi connectivity index (χ1v) is 26.7. The molecule has 1 amide bonds. The van der Waals surface area contributed by atoms with Crippen molar-refractivity contribution < 1.29 is 33.5 Å². The Morgan fingerprint density at radius 3 is 1.38 bits per heavy atom. The number of phosphoric acid groups is 1. The number of carbonyl (C=O) groups excluding carboxylic acids is 1. The van der Waals surface area contributed by atoms with Gasteiger partial charge < -0.3 is 26.2 Å². The molecule has 354 valence electrons. The molecule has 4 unspecified atom stereocenters. The molecule has 0 radical (unpaired) electrons. The third-order valence-corrected chi connectivity index (χ3v) is 12.2. The average Bonchev–Trinajstić information content (AvgIpc) is 3.23. The van der Waals surface area contributed by atoms with E-state index in [0.717, 1.165) is 44.9 Å². The number of rotatable bonds is 47. The van der Waals surface area contributed by atoms with Gasteiger partial charge in [-0.25, -0.2) is 4.57 Å². The molecular formula is C50H97N2O7P. The van der Waals surface area contributed by atoms with Crippen molar-refractivity contribution in [3.63, 3.8) is 0 Å². The lowest BCUT2D eigenvalue weighted by atomic mass is 10.0. The van der Waals surface area contributed by atoms with Crippen LogP contribution in [0.15, 0.2) is 36.5 Å². The summed E-state index contributed by atoms with van der Waals surface area (Å²) in [6.45, 7) is 3.97. The zero-order chi connectivity index (χ0) is 44.0. The Labute approximate surface area is 370 Å². The lowest BCUT2D eigenvalue weighted by Gasteiger charge is -2.24. The van der Waals surface area contributed by atoms with Gasteiger partial charge >= 0.3 is 7.82 Å². The summed E-state index contributed by atoms with van der Waals surface area (Å²) in [6.07, 6.45) is 52.4. The van der Waals surface area contributed by atoms with Crippen LogP contribution in [0.3, 0.4) is 0 Å². The number of unbranched alkanes of at least 4 members (excludes halogenated alkanes) is 29. The van der Waals surface area contributed by atoms with Crippen LogP contribution in [0.4, 0.5) is 0 Å². The molecule has 0 fully saturated rings. The van der Waals surface area contributed by atoms with Crippen LogP contribution in [-0.2, 0) is 18.4 Å². The largest absolute Gasteiger partial charge is 0.472 e. The predicted molar refractivity (Wildman–Crippen MR) is 255 cm³/mol. The summed E-state index contributed by atoms with van der Waals surface area (Å²) < 4.78 is 22.1. The van der Waals surface area contributed by atoms with Crippen molar-refractivity contribution in [3.05, 3.63) is 36.5 Å². The molecule has 6 N–H and O–H groups in total. The molecule has 0 aliphatic heterocycles. The Kier molecular flexibility index (Phi) is 44.7. The summed E-state index contributed by atoms with van der Waals surface area (Å²) in [5.74, 6) is -0.456. The molecule has 0 aliphatic carbocycles. The fourth-order valence-corrected chi connectivity index (χ4v) is 8.20. The zero-order valence-electron chi connectivity index (χ0n) is 39.1. The highest BCUT2D eigenvalue weighted by Crippen LogP contribution is 2.43. The van der Waals surface area contributed by atoms with E-state index in [4.69, 9.17) is 14.8 Å². The van der Waals surface area contributed by atoms with Crippen LogP contribution >= 0.6 is 7.82 Å². The van der Waals surface area contributed by atoms with Crippen molar-refractivity contribution in [2.45, 2.75) is 257 Å². The van der Waals surface area contributed by atoms with Crippen molar-refractivity contribution in [2.75, 3.05) is 19.8 Å². The van der Waals surface area contributed by atoms with Crippen molar-refractivity contribution in [3.8, 4) is 0 Å². The van der Waals surface area contributed by atoms with Gasteiger partial charge in [-0.05, 0) is 44.9 Å². The highest BCUT2D eigenvalue weighted by atomic mass is 31.2. The van der Waals surface area contributed by atoms with E-state index in [2.05, 4.69) is 43.5 Å². The molecule has 0 saturated carbocycles. The molecule has 0 aromatic carbocycles. The molecule has 0 aromatic rings. The van der Waals surface area contributed by atoms with Gasteiger partial charge in [0.15, 0.2) is 0 Å². The van der Waals surface area contributed by atoms with Crippen molar-refractivity contribution in [1.29, 1.82) is 0 Å². The molecule has 0 bridgehead atoms. The summed E-state index contributed by atoms with van der Waals surface area (Å²) in [6, 6.07) is -1.00. The number of amides is 1. The third kappa shape index (κ3) is 43.3. The highest BCUT2D eigenvalue weighted by molar-refractivity contribution is 7.47. The fourth-order valence-electron chi connectivity index (χ4n) is 7.44. The number of nitrogens with one attached hydrogen (secondary N) is 1. The number of phosphoric ester groups is 1. The Bertz CT molecular complexity index is 1060. The SMILES string of the molecule is CCCCCCCCCC/C=C/CC/C=C/CC/C=C/C(O)C(COP(=O)(O)OCCN)NC(=O)CC(O)CCCCCCCCCCCCCCCCCCCCCC. The number of carbonyl (C=O) groups is 1. The lowest BCUT2D eigenvalue weighted by Crippen LogP contribution is -2.46. The van der Waals surface area contributed by atoms with E-state index in [0.29, 0.717) is 12.8 Å². The first-order valence-electron chi connectivity index (χ1n) is 25.2. The maximum absolute atomic E-state index is 12.9. The first-order chi connectivity index (χ1) is 29.3. The van der Waals surface area contributed by atoms with E-state index in [1.54, 1.807) is 6.08 Å². The minimum atomic E-state index is -4.41. The molecule has 0 rings (SSSR count). The van der Waals surface area contributed by atoms with Crippen LogP contribution < -0.4 is 11.1 Å². The van der Waals surface area contributed by atoms with Gasteiger partial charge in [0.2, 0.25) is 5.91 Å². The van der Waals surface area contributed by atoms with E-state index in [9.17, 15) is 24.5 Å². The molecule has 0 spiro atoms. The van der Waals surface area contributed by atoms with E-state index >= 15 is 0 Å². The van der Waals surface area contributed by atoms with Crippen LogP contribution in [0, 0.1) is 0 Å². The number of allylic oxidation sites excluding steroid dienone is 5. The number of hydrogen-bond acceptors (Lipinski definition) is 7. The van der Waals surface area contributed by atoms with Gasteiger partial charge in [-0.2, -0.15) is 0 Å². The number of aliphatic hydroxyl groups is 2. The maximum Gasteiger partial charge on any atom is 0.472 e. The average molecular weight is 869 g/mol. The Hall–Kier alpha value is -1.32. The highest BCUT2D eigenvalue weighted by Gasteiger charge is 2.27. The molecule has 10 heteroatoms. The van der Waals surface area contributed by atoms with Crippen LogP contribution in [0.5, 0.6) is 0 Å². The monoisotopic (exact) mass is 869 g/mol.